The van der Waals surface area contributed by atoms with Crippen molar-refractivity contribution in [1.82, 2.24) is 15.0 Å². The van der Waals surface area contributed by atoms with Gasteiger partial charge in [0.1, 0.15) is 17.7 Å². The molecule has 1 saturated heterocycles. The molecule has 1 fully saturated rings. The molecule has 0 unspecified atom stereocenters. The monoisotopic (exact) mass is 497 g/mol. The van der Waals surface area contributed by atoms with Gasteiger partial charge in [-0.05, 0) is 68.3 Å². The molecule has 3 heterocycles. The van der Waals surface area contributed by atoms with Gasteiger partial charge in [-0.1, -0.05) is 18.2 Å². The lowest BCUT2D eigenvalue weighted by Crippen LogP contribution is -2.36. The first-order valence-electron chi connectivity index (χ1n) is 12.3. The van der Waals surface area contributed by atoms with Crippen LogP contribution in [0.2, 0.25) is 0 Å². The number of nitrogens with zero attached hydrogens (tertiary/aromatic N) is 4. The Balaban J connectivity index is 1.40. The number of aryl methyl sites for hydroxylation is 1. The molecule has 9 heteroatoms. The highest BCUT2D eigenvalue weighted by Gasteiger charge is 2.17. The standard InChI is InChI=1S/C28H31N7O2/c1-18-7-8-21(32-27(36)19-5-4-6-20(15-19)28(2,3)29)16-23(18)33-26-25-22(30-17-31-26)9-10-24(34-25)35-11-13-37-14-12-35/h4-10,15-17H,11-14,29H2,1-3H3,(H,32,36)(H,30,31,33). The minimum atomic E-state index is -0.534. The Hall–Kier alpha value is -4.08. The summed E-state index contributed by atoms with van der Waals surface area (Å²) in [6.07, 6.45) is 1.52. The van der Waals surface area contributed by atoms with E-state index in [0.29, 0.717) is 35.8 Å². The number of anilines is 4. The third-order valence-corrected chi connectivity index (χ3v) is 6.42. The predicted octanol–water partition coefficient (Wildman–Crippen LogP) is 4.36. The van der Waals surface area contributed by atoms with Crippen LogP contribution in [0.3, 0.4) is 0 Å². The van der Waals surface area contributed by atoms with Crippen LogP contribution in [-0.4, -0.2) is 47.2 Å². The fourth-order valence-electron chi connectivity index (χ4n) is 4.22. The van der Waals surface area contributed by atoms with E-state index < -0.39 is 5.54 Å². The number of ether oxygens (including phenoxy) is 1. The number of carbonyl (C=O) groups is 1. The van der Waals surface area contributed by atoms with Gasteiger partial charge in [-0.3, -0.25) is 4.79 Å². The number of morpholine rings is 1. The molecular weight excluding hydrogens is 466 g/mol. The van der Waals surface area contributed by atoms with Crippen LogP contribution in [0, 0.1) is 6.92 Å². The summed E-state index contributed by atoms with van der Waals surface area (Å²) < 4.78 is 5.47. The van der Waals surface area contributed by atoms with Gasteiger partial charge in [-0.15, -0.1) is 0 Å². The van der Waals surface area contributed by atoms with Crippen molar-refractivity contribution in [3.05, 3.63) is 77.6 Å². The van der Waals surface area contributed by atoms with Crippen LogP contribution < -0.4 is 21.3 Å². The molecule has 4 aromatic rings. The summed E-state index contributed by atoms with van der Waals surface area (Å²) in [6.45, 7) is 8.78. The summed E-state index contributed by atoms with van der Waals surface area (Å²) in [6, 6.07) is 17.0. The number of hydrogen-bond acceptors (Lipinski definition) is 8. The Labute approximate surface area is 216 Å². The average Bonchev–Trinajstić information content (AvgIpc) is 2.90. The van der Waals surface area contributed by atoms with Gasteiger partial charge in [-0.25, -0.2) is 15.0 Å². The first-order valence-corrected chi connectivity index (χ1v) is 12.3. The summed E-state index contributed by atoms with van der Waals surface area (Å²) in [4.78, 5) is 28.9. The van der Waals surface area contributed by atoms with E-state index in [0.717, 1.165) is 41.2 Å². The summed E-state index contributed by atoms with van der Waals surface area (Å²) in [5.74, 6) is 1.27. The molecule has 0 spiro atoms. The maximum Gasteiger partial charge on any atom is 0.255 e. The maximum absolute atomic E-state index is 13.0. The van der Waals surface area contributed by atoms with Gasteiger partial charge in [0.2, 0.25) is 0 Å². The second-order valence-corrected chi connectivity index (χ2v) is 9.77. The van der Waals surface area contributed by atoms with Crippen LogP contribution in [0.25, 0.3) is 11.0 Å². The van der Waals surface area contributed by atoms with Crippen molar-refractivity contribution >= 4 is 40.0 Å². The van der Waals surface area contributed by atoms with Gasteiger partial charge in [0.25, 0.3) is 5.91 Å². The number of fused-ring (bicyclic) bond motifs is 1. The number of hydrogen-bond donors (Lipinski definition) is 3. The number of rotatable bonds is 6. The van der Waals surface area contributed by atoms with Crippen LogP contribution in [-0.2, 0) is 10.3 Å². The molecule has 37 heavy (non-hydrogen) atoms. The molecule has 190 valence electrons. The number of nitrogens with one attached hydrogen (secondary N) is 2. The van der Waals surface area contributed by atoms with Gasteiger partial charge in [-0.2, -0.15) is 0 Å². The lowest BCUT2D eigenvalue weighted by Gasteiger charge is -2.28. The average molecular weight is 498 g/mol. The van der Waals surface area contributed by atoms with E-state index in [-0.39, 0.29) is 5.91 Å². The Morgan fingerprint density at radius 1 is 1.05 bits per heavy atom. The fourth-order valence-corrected chi connectivity index (χ4v) is 4.22. The van der Waals surface area contributed by atoms with Crippen molar-refractivity contribution in [2.24, 2.45) is 5.73 Å². The molecule has 2 aromatic heterocycles. The van der Waals surface area contributed by atoms with Gasteiger partial charge in [0.05, 0.1) is 18.7 Å². The summed E-state index contributed by atoms with van der Waals surface area (Å²) in [7, 11) is 0. The molecule has 5 rings (SSSR count). The highest BCUT2D eigenvalue weighted by atomic mass is 16.5. The lowest BCUT2D eigenvalue weighted by molar-refractivity contribution is 0.102. The first kappa shape index (κ1) is 24.6. The Morgan fingerprint density at radius 3 is 2.65 bits per heavy atom. The van der Waals surface area contributed by atoms with E-state index in [1.807, 2.05) is 69.3 Å². The number of aromatic nitrogens is 3. The van der Waals surface area contributed by atoms with Crippen molar-refractivity contribution < 1.29 is 9.53 Å². The molecule has 0 aliphatic carbocycles. The molecule has 1 aliphatic heterocycles. The van der Waals surface area contributed by atoms with Crippen LogP contribution in [0.5, 0.6) is 0 Å². The van der Waals surface area contributed by atoms with E-state index in [1.165, 1.54) is 6.33 Å². The third-order valence-electron chi connectivity index (χ3n) is 6.42. The summed E-state index contributed by atoms with van der Waals surface area (Å²) >= 11 is 0. The van der Waals surface area contributed by atoms with Gasteiger partial charge < -0.3 is 26.0 Å². The molecule has 1 amide bonds. The predicted molar refractivity (Wildman–Crippen MR) is 146 cm³/mol. The Bertz CT molecular complexity index is 1440. The minimum absolute atomic E-state index is 0.204. The van der Waals surface area contributed by atoms with Crippen LogP contribution in [0.15, 0.2) is 60.9 Å². The second-order valence-electron chi connectivity index (χ2n) is 9.77. The van der Waals surface area contributed by atoms with Crippen molar-refractivity contribution in [1.29, 1.82) is 0 Å². The lowest BCUT2D eigenvalue weighted by atomic mass is 9.94. The van der Waals surface area contributed by atoms with Crippen molar-refractivity contribution in [3.63, 3.8) is 0 Å². The normalized spacial score (nSPS) is 14.0. The SMILES string of the molecule is Cc1ccc(NC(=O)c2cccc(C(C)(C)N)c2)cc1Nc1ncnc2ccc(N3CCOCC3)nc12. The molecule has 0 saturated carbocycles. The molecule has 0 radical (unpaired) electrons. The smallest absolute Gasteiger partial charge is 0.255 e. The van der Waals surface area contributed by atoms with Crippen molar-refractivity contribution in [2.75, 3.05) is 41.8 Å². The van der Waals surface area contributed by atoms with Gasteiger partial charge in [0.15, 0.2) is 5.82 Å². The maximum atomic E-state index is 13.0. The molecule has 0 bridgehead atoms. The fraction of sp³-hybridized carbons (Fsp3) is 0.286. The molecule has 2 aromatic carbocycles. The molecule has 9 nitrogen and oxygen atoms in total. The van der Waals surface area contributed by atoms with E-state index >= 15 is 0 Å². The van der Waals surface area contributed by atoms with Gasteiger partial charge in [0, 0.05) is 35.6 Å². The molecular formula is C28H31N7O2. The highest BCUT2D eigenvalue weighted by molar-refractivity contribution is 6.04. The third kappa shape index (κ3) is 5.52. The number of nitrogens with two attached hydrogens (primary N) is 1. The second kappa shape index (κ2) is 10.1. The van der Waals surface area contributed by atoms with Gasteiger partial charge >= 0.3 is 0 Å². The van der Waals surface area contributed by atoms with E-state index in [2.05, 4.69) is 25.5 Å². The molecule has 1 aliphatic rings. The number of amides is 1. The topological polar surface area (TPSA) is 118 Å². The Morgan fingerprint density at radius 2 is 1.86 bits per heavy atom. The van der Waals surface area contributed by atoms with E-state index in [9.17, 15) is 4.79 Å². The summed E-state index contributed by atoms with van der Waals surface area (Å²) in [5.41, 5.74) is 11.0. The van der Waals surface area contributed by atoms with Crippen molar-refractivity contribution in [2.45, 2.75) is 26.3 Å². The Kier molecular flexibility index (Phi) is 6.73. The van der Waals surface area contributed by atoms with Crippen LogP contribution in [0.4, 0.5) is 23.0 Å². The first-order chi connectivity index (χ1) is 17.8. The van der Waals surface area contributed by atoms with E-state index in [4.69, 9.17) is 15.5 Å². The summed E-state index contributed by atoms with van der Waals surface area (Å²) in [5, 5.41) is 6.40. The minimum Gasteiger partial charge on any atom is -0.378 e. The number of carbonyl (C=O) groups excluding carboxylic acids is 1. The zero-order valence-electron chi connectivity index (χ0n) is 21.3. The molecule has 0 atom stereocenters. The quantitative estimate of drug-likeness (QED) is 0.360. The zero-order valence-corrected chi connectivity index (χ0v) is 21.3. The number of benzene rings is 2. The van der Waals surface area contributed by atoms with Crippen LogP contribution >= 0.6 is 0 Å². The van der Waals surface area contributed by atoms with E-state index in [1.54, 1.807) is 6.07 Å². The van der Waals surface area contributed by atoms with Crippen molar-refractivity contribution in [3.8, 4) is 0 Å². The largest absolute Gasteiger partial charge is 0.378 e. The number of pyridine rings is 1. The highest BCUT2D eigenvalue weighted by Crippen LogP contribution is 2.28. The zero-order chi connectivity index (χ0) is 26.0. The molecule has 4 N–H and O–H groups in total. The van der Waals surface area contributed by atoms with Crippen LogP contribution in [0.1, 0.15) is 35.3 Å².